The van der Waals surface area contributed by atoms with Crippen molar-refractivity contribution in [2.75, 3.05) is 20.2 Å². The summed E-state index contributed by atoms with van der Waals surface area (Å²) in [5.41, 5.74) is 2.91. The van der Waals surface area contributed by atoms with Gasteiger partial charge in [-0.15, -0.1) is 0 Å². The van der Waals surface area contributed by atoms with Crippen LogP contribution in [0.4, 0.5) is 0 Å². The van der Waals surface area contributed by atoms with E-state index in [1.54, 1.807) is 7.11 Å². The van der Waals surface area contributed by atoms with Gasteiger partial charge in [-0.2, -0.15) is 5.10 Å². The van der Waals surface area contributed by atoms with Crippen LogP contribution in [0.25, 0.3) is 16.8 Å². The fourth-order valence-electron chi connectivity index (χ4n) is 3.84. The Morgan fingerprint density at radius 2 is 1.89 bits per heavy atom. The molecule has 0 unspecified atom stereocenters. The molecule has 28 heavy (non-hydrogen) atoms. The van der Waals surface area contributed by atoms with Crippen LogP contribution in [0.3, 0.4) is 0 Å². The monoisotopic (exact) mass is 378 g/mol. The highest BCUT2D eigenvalue weighted by atomic mass is 16.5. The lowest BCUT2D eigenvalue weighted by Crippen LogP contribution is -2.40. The van der Waals surface area contributed by atoms with Gasteiger partial charge in [-0.25, -0.2) is 9.50 Å². The molecule has 0 aliphatic carbocycles. The molecule has 1 aromatic carbocycles. The highest BCUT2D eigenvalue weighted by Gasteiger charge is 2.27. The molecule has 146 valence electrons. The van der Waals surface area contributed by atoms with E-state index in [2.05, 4.69) is 6.07 Å². The molecule has 0 N–H and O–H groups in total. The number of likely N-dealkylation sites (tertiary alicyclic amines) is 1. The van der Waals surface area contributed by atoms with E-state index in [4.69, 9.17) is 14.8 Å². The molecule has 0 spiro atoms. The summed E-state index contributed by atoms with van der Waals surface area (Å²) in [7, 11) is 1.68. The van der Waals surface area contributed by atoms with Crippen molar-refractivity contribution in [1.29, 1.82) is 0 Å². The maximum Gasteiger partial charge on any atom is 0.225 e. The standard InChI is InChI=1S/C22H26N4O2/c1-15(2)22(27)25-12-10-16(11-13-25)21-23-20-9-8-17(14-26(20)24-21)18-6-4-5-7-19(18)28-3/h4-9,14-16H,10-13H2,1-3H3. The number of piperidine rings is 1. The summed E-state index contributed by atoms with van der Waals surface area (Å²) in [6.45, 7) is 5.47. The molecule has 2 aromatic heterocycles. The molecule has 0 bridgehead atoms. The van der Waals surface area contributed by atoms with E-state index in [-0.39, 0.29) is 11.8 Å². The van der Waals surface area contributed by atoms with Crippen LogP contribution in [-0.2, 0) is 4.79 Å². The van der Waals surface area contributed by atoms with Crippen molar-refractivity contribution >= 4 is 11.6 Å². The number of carbonyl (C=O) groups excluding carboxylic acids is 1. The van der Waals surface area contributed by atoms with E-state index in [9.17, 15) is 4.79 Å². The first kappa shape index (κ1) is 18.5. The van der Waals surface area contributed by atoms with Gasteiger partial charge in [-0.3, -0.25) is 4.79 Å². The highest BCUT2D eigenvalue weighted by Crippen LogP contribution is 2.31. The number of benzene rings is 1. The van der Waals surface area contributed by atoms with Crippen LogP contribution in [-0.4, -0.2) is 45.6 Å². The molecule has 1 fully saturated rings. The molecular weight excluding hydrogens is 352 g/mol. The number of pyridine rings is 1. The Balaban J connectivity index is 1.55. The highest BCUT2D eigenvalue weighted by molar-refractivity contribution is 5.78. The fraction of sp³-hybridized carbons (Fsp3) is 0.409. The van der Waals surface area contributed by atoms with Gasteiger partial charge in [0.1, 0.15) is 5.75 Å². The van der Waals surface area contributed by atoms with Crippen LogP contribution in [0.5, 0.6) is 5.75 Å². The van der Waals surface area contributed by atoms with Gasteiger partial charge >= 0.3 is 0 Å². The zero-order chi connectivity index (χ0) is 19.7. The molecule has 1 saturated heterocycles. The topological polar surface area (TPSA) is 59.7 Å². The normalized spacial score (nSPS) is 15.4. The van der Waals surface area contributed by atoms with Crippen molar-refractivity contribution in [3.8, 4) is 16.9 Å². The van der Waals surface area contributed by atoms with Crippen molar-refractivity contribution in [2.45, 2.75) is 32.6 Å². The number of aromatic nitrogens is 3. The molecule has 6 heteroatoms. The third-order valence-electron chi connectivity index (χ3n) is 5.43. The molecule has 3 heterocycles. The number of nitrogens with zero attached hydrogens (tertiary/aromatic N) is 4. The van der Waals surface area contributed by atoms with Crippen LogP contribution in [0.15, 0.2) is 42.6 Å². The first-order valence-electron chi connectivity index (χ1n) is 9.85. The van der Waals surface area contributed by atoms with E-state index < -0.39 is 0 Å². The van der Waals surface area contributed by atoms with Gasteiger partial charge in [0.25, 0.3) is 0 Å². The molecule has 6 nitrogen and oxygen atoms in total. The average Bonchev–Trinajstić information content (AvgIpc) is 3.16. The predicted octanol–water partition coefficient (Wildman–Crippen LogP) is 3.77. The molecule has 0 radical (unpaired) electrons. The zero-order valence-corrected chi connectivity index (χ0v) is 16.6. The number of hydrogen-bond donors (Lipinski definition) is 0. The van der Waals surface area contributed by atoms with Crippen LogP contribution in [0.2, 0.25) is 0 Å². The Morgan fingerprint density at radius 1 is 1.14 bits per heavy atom. The first-order valence-corrected chi connectivity index (χ1v) is 9.85. The van der Waals surface area contributed by atoms with Crippen molar-refractivity contribution in [2.24, 2.45) is 5.92 Å². The molecule has 0 saturated carbocycles. The molecule has 3 aromatic rings. The van der Waals surface area contributed by atoms with Gasteiger partial charge in [0.15, 0.2) is 11.5 Å². The smallest absolute Gasteiger partial charge is 0.225 e. The Morgan fingerprint density at radius 3 is 2.61 bits per heavy atom. The van der Waals surface area contributed by atoms with Crippen molar-refractivity contribution < 1.29 is 9.53 Å². The second-order valence-corrected chi connectivity index (χ2v) is 7.65. The number of methoxy groups -OCH3 is 1. The second kappa shape index (κ2) is 7.62. The van der Waals surface area contributed by atoms with E-state index in [0.717, 1.165) is 54.3 Å². The Hall–Kier alpha value is -2.89. The number of amides is 1. The third kappa shape index (κ3) is 3.46. The van der Waals surface area contributed by atoms with E-state index in [1.807, 2.05) is 59.8 Å². The fourth-order valence-corrected chi connectivity index (χ4v) is 3.84. The number of hydrogen-bond acceptors (Lipinski definition) is 4. The van der Waals surface area contributed by atoms with Gasteiger partial charge in [0.2, 0.25) is 5.91 Å². The van der Waals surface area contributed by atoms with Gasteiger partial charge in [-0.1, -0.05) is 32.0 Å². The zero-order valence-electron chi connectivity index (χ0n) is 16.6. The molecule has 1 aliphatic heterocycles. The molecular formula is C22H26N4O2. The minimum absolute atomic E-state index is 0.0540. The average molecular weight is 378 g/mol. The van der Waals surface area contributed by atoms with Gasteiger partial charge in [0, 0.05) is 42.2 Å². The molecule has 1 amide bonds. The molecule has 1 aliphatic rings. The van der Waals surface area contributed by atoms with E-state index >= 15 is 0 Å². The van der Waals surface area contributed by atoms with Crippen LogP contribution in [0.1, 0.15) is 38.4 Å². The Labute approximate surface area is 165 Å². The van der Waals surface area contributed by atoms with Gasteiger partial charge < -0.3 is 9.64 Å². The number of para-hydroxylation sites is 1. The second-order valence-electron chi connectivity index (χ2n) is 7.65. The predicted molar refractivity (Wildman–Crippen MR) is 108 cm³/mol. The van der Waals surface area contributed by atoms with Crippen molar-refractivity contribution in [1.82, 2.24) is 19.5 Å². The number of carbonyl (C=O) groups is 1. The van der Waals surface area contributed by atoms with Crippen LogP contribution < -0.4 is 4.74 Å². The van der Waals surface area contributed by atoms with Crippen molar-refractivity contribution in [3.05, 3.63) is 48.4 Å². The summed E-state index contributed by atoms with van der Waals surface area (Å²) < 4.78 is 7.33. The largest absolute Gasteiger partial charge is 0.496 e. The van der Waals surface area contributed by atoms with Crippen LogP contribution >= 0.6 is 0 Å². The maximum atomic E-state index is 12.2. The van der Waals surface area contributed by atoms with Gasteiger partial charge in [-0.05, 0) is 31.0 Å². The summed E-state index contributed by atoms with van der Waals surface area (Å²) in [5.74, 6) is 2.30. The minimum Gasteiger partial charge on any atom is -0.496 e. The minimum atomic E-state index is 0.0540. The number of fused-ring (bicyclic) bond motifs is 1. The SMILES string of the molecule is COc1ccccc1-c1ccc2nc(C3CCN(C(=O)C(C)C)CC3)nn2c1. The summed E-state index contributed by atoms with van der Waals surface area (Å²) in [5, 5.41) is 4.74. The lowest BCUT2D eigenvalue weighted by atomic mass is 9.95. The third-order valence-corrected chi connectivity index (χ3v) is 5.43. The molecule has 0 atom stereocenters. The Bertz CT molecular complexity index is 987. The summed E-state index contributed by atoms with van der Waals surface area (Å²) >= 11 is 0. The quantitative estimate of drug-likeness (QED) is 0.693. The lowest BCUT2D eigenvalue weighted by molar-refractivity contribution is -0.135. The summed E-state index contributed by atoms with van der Waals surface area (Å²) in [6, 6.07) is 12.0. The van der Waals surface area contributed by atoms with Crippen molar-refractivity contribution in [3.63, 3.8) is 0 Å². The number of ether oxygens (including phenoxy) is 1. The lowest BCUT2D eigenvalue weighted by Gasteiger charge is -2.31. The van der Waals surface area contributed by atoms with E-state index in [0.29, 0.717) is 5.92 Å². The van der Waals surface area contributed by atoms with Crippen LogP contribution in [0, 0.1) is 5.92 Å². The summed E-state index contributed by atoms with van der Waals surface area (Å²) in [6.07, 6.45) is 3.82. The van der Waals surface area contributed by atoms with E-state index in [1.165, 1.54) is 0 Å². The maximum absolute atomic E-state index is 12.2. The first-order chi connectivity index (χ1) is 13.6. The molecule has 4 rings (SSSR count). The van der Waals surface area contributed by atoms with Gasteiger partial charge in [0.05, 0.1) is 7.11 Å². The number of rotatable bonds is 4. The Kier molecular flexibility index (Phi) is 5.03. The summed E-state index contributed by atoms with van der Waals surface area (Å²) in [4.78, 5) is 18.9.